The second-order valence-electron chi connectivity index (χ2n) is 17.9. The molecule has 11 rings (SSSR count). The molecule has 0 amide bonds. The van der Waals surface area contributed by atoms with Crippen LogP contribution in [0.1, 0.15) is 39.2 Å². The summed E-state index contributed by atoms with van der Waals surface area (Å²) in [7, 11) is 0. The van der Waals surface area contributed by atoms with Crippen molar-refractivity contribution < 1.29 is 9.30 Å². The van der Waals surface area contributed by atoms with E-state index in [0.29, 0.717) is 5.92 Å². The first kappa shape index (κ1) is 39.8. The van der Waals surface area contributed by atoms with Crippen LogP contribution < -0.4 is 9.30 Å². The molecule has 0 aliphatic carbocycles. The van der Waals surface area contributed by atoms with E-state index in [9.17, 15) is 0 Å². The van der Waals surface area contributed by atoms with Crippen molar-refractivity contribution in [2.24, 2.45) is 5.41 Å². The van der Waals surface area contributed by atoms with Crippen molar-refractivity contribution in [3.63, 3.8) is 0 Å². The van der Waals surface area contributed by atoms with Crippen LogP contribution in [0, 0.1) is 11.7 Å². The molecule has 65 heavy (non-hydrogen) atoms. The monoisotopic (exact) mass is 840 g/mol. The molecule has 8 aromatic carbocycles. The van der Waals surface area contributed by atoms with Gasteiger partial charge in [-0.25, -0.2) is 4.98 Å². The van der Waals surface area contributed by atoms with E-state index in [1.807, 2.05) is 12.3 Å². The minimum absolute atomic E-state index is 0.0995. The van der Waals surface area contributed by atoms with E-state index >= 15 is 0 Å². The zero-order valence-electron chi connectivity index (χ0n) is 37.0. The summed E-state index contributed by atoms with van der Waals surface area (Å²) in [6.45, 7) is 9.19. The van der Waals surface area contributed by atoms with Crippen molar-refractivity contribution in [2.75, 3.05) is 0 Å². The van der Waals surface area contributed by atoms with Crippen molar-refractivity contribution in [2.45, 2.75) is 33.6 Å². The minimum atomic E-state index is 0.0995. The third-order valence-electron chi connectivity index (χ3n) is 12.9. The fraction of sp³-hybridized carbons (Fsp3) is 0.100. The number of para-hydroxylation sites is 3. The van der Waals surface area contributed by atoms with Crippen molar-refractivity contribution >= 4 is 32.8 Å². The van der Waals surface area contributed by atoms with Gasteiger partial charge in [-0.05, 0) is 105 Å². The van der Waals surface area contributed by atoms with E-state index in [-0.39, 0.29) is 5.41 Å². The van der Waals surface area contributed by atoms with E-state index in [2.05, 4.69) is 248 Å². The molecule has 0 N–H and O–H groups in total. The van der Waals surface area contributed by atoms with Gasteiger partial charge < -0.3 is 4.74 Å². The Labute approximate surface area is 380 Å². The summed E-state index contributed by atoms with van der Waals surface area (Å²) in [6.07, 6.45) is 5.75. The van der Waals surface area contributed by atoms with Crippen molar-refractivity contribution in [1.82, 2.24) is 14.1 Å². The number of hydrogen-bond acceptors (Lipinski definition) is 2. The van der Waals surface area contributed by atoms with Crippen LogP contribution in [-0.2, 0) is 0 Å². The summed E-state index contributed by atoms with van der Waals surface area (Å²) in [5.41, 5.74) is 14.5. The number of benzene rings is 8. The topological polar surface area (TPSA) is 35.9 Å². The summed E-state index contributed by atoms with van der Waals surface area (Å²) in [6, 6.07) is 72.7. The molecule has 0 spiro atoms. The number of ether oxygens (including phenoxy) is 1. The molecule has 0 aliphatic heterocycles. The van der Waals surface area contributed by atoms with Crippen LogP contribution in [0.15, 0.2) is 212 Å². The molecule has 0 bridgehead atoms. The molecule has 3 heterocycles. The van der Waals surface area contributed by atoms with Crippen LogP contribution in [0.5, 0.6) is 11.5 Å². The summed E-state index contributed by atoms with van der Waals surface area (Å²) in [5.74, 6) is 2.68. The molecule has 0 saturated carbocycles. The van der Waals surface area contributed by atoms with Crippen molar-refractivity contribution in [3.05, 3.63) is 224 Å². The van der Waals surface area contributed by atoms with Gasteiger partial charge in [0.15, 0.2) is 0 Å². The lowest BCUT2D eigenvalue weighted by Crippen LogP contribution is -2.31. The highest BCUT2D eigenvalue weighted by atomic mass is 16.5. The average Bonchev–Trinajstić information content (AvgIpc) is 3.90. The lowest BCUT2D eigenvalue weighted by molar-refractivity contribution is -0.571. The molecule has 5 heteroatoms. The van der Waals surface area contributed by atoms with E-state index < -0.39 is 0 Å². The van der Waals surface area contributed by atoms with Gasteiger partial charge in [-0.1, -0.05) is 173 Å². The van der Waals surface area contributed by atoms with Gasteiger partial charge in [-0.2, -0.15) is 0 Å². The summed E-state index contributed by atoms with van der Waals surface area (Å²) in [4.78, 5) is 4.99. The van der Waals surface area contributed by atoms with Crippen LogP contribution in [0.4, 0.5) is 0 Å². The van der Waals surface area contributed by atoms with Gasteiger partial charge >= 0.3 is 0 Å². The normalized spacial score (nSPS) is 12.2. The molecule has 11 aromatic rings. The highest BCUT2D eigenvalue weighted by Gasteiger charge is 2.24. The number of rotatable bonds is 9. The molecule has 0 radical (unpaired) electrons. The number of pyridine rings is 1. The summed E-state index contributed by atoms with van der Waals surface area (Å²) < 4.78 is 13.5. The first-order valence-electron chi connectivity index (χ1n) is 22.4. The highest BCUT2D eigenvalue weighted by molar-refractivity contribution is 6.10. The van der Waals surface area contributed by atoms with Crippen LogP contribution >= 0.6 is 0 Å². The molecule has 0 saturated heterocycles. The molecular weight excluding hydrogens is 793 g/mol. The zero-order chi connectivity index (χ0) is 44.1. The molecule has 3 aromatic heterocycles. The Morgan fingerprint density at radius 2 is 1.17 bits per heavy atom. The van der Waals surface area contributed by atoms with Gasteiger partial charge in [-0.3, -0.25) is 13.7 Å². The van der Waals surface area contributed by atoms with Crippen molar-refractivity contribution in [1.29, 1.82) is 0 Å². The third-order valence-corrected chi connectivity index (χ3v) is 12.9. The Kier molecular flexibility index (Phi) is 9.96. The van der Waals surface area contributed by atoms with E-state index in [1.165, 1.54) is 22.1 Å². The lowest BCUT2D eigenvalue weighted by atomic mass is 9.78. The minimum Gasteiger partial charge on any atom is -0.458 e. The second-order valence-corrected chi connectivity index (χ2v) is 17.9. The summed E-state index contributed by atoms with van der Waals surface area (Å²) in [5, 5.41) is 2.30. The summed E-state index contributed by atoms with van der Waals surface area (Å²) >= 11 is 0. The van der Waals surface area contributed by atoms with E-state index in [0.717, 1.165) is 78.4 Å². The van der Waals surface area contributed by atoms with Crippen LogP contribution in [-0.4, -0.2) is 14.1 Å². The maximum atomic E-state index is 6.82. The lowest BCUT2D eigenvalue weighted by Gasteiger charge is -2.27. The molecule has 1 atom stereocenters. The number of hydrogen-bond donors (Lipinski definition) is 0. The molecule has 0 aliphatic rings. The van der Waals surface area contributed by atoms with E-state index in [4.69, 9.17) is 9.72 Å². The smallest absolute Gasteiger partial charge is 0.269 e. The standard InChI is InChI=1S/C60H48N4O/c1-41(60(2,3)4)45-34-35-61-58(37-45)64-54-33-30-46(42-18-8-5-9-19-42)36-53(54)52-32-31-49(39-57(52)64)65-48-25-16-24-47(38-48)62-40-63(56-29-15-14-28-55(56)62)59-50(43-20-10-6-11-21-43)26-17-27-51(59)44-22-12-7-13-23-44/h5-39,41H,1-4H3. The van der Waals surface area contributed by atoms with Crippen LogP contribution in [0.25, 0.3) is 83.4 Å². The highest BCUT2D eigenvalue weighted by Crippen LogP contribution is 2.40. The molecule has 5 nitrogen and oxygen atoms in total. The Hall–Kier alpha value is -8.02. The maximum Gasteiger partial charge on any atom is 0.269 e. The Morgan fingerprint density at radius 3 is 1.88 bits per heavy atom. The Bertz CT molecular complexity index is 3450. The SMILES string of the molecule is CC(c1ccnc(-n2c3ccc(-c4ccccc4)cc3c3ccc(Oc4cccc(-n5[c-][n+](-c6c(-c7ccccc7)cccc6-c6ccccc6)c6ccccc65)c4)cc32)c1)C(C)(C)C. The number of nitrogens with zero attached hydrogens (tertiary/aromatic N) is 4. The molecule has 314 valence electrons. The number of fused-ring (bicyclic) bond motifs is 4. The Morgan fingerprint density at radius 1 is 0.523 bits per heavy atom. The number of aromatic nitrogens is 4. The fourth-order valence-corrected chi connectivity index (χ4v) is 9.17. The zero-order valence-corrected chi connectivity index (χ0v) is 37.0. The second kappa shape index (κ2) is 16.3. The van der Waals surface area contributed by atoms with Gasteiger partial charge in [0, 0.05) is 23.0 Å². The molecule has 0 fully saturated rings. The quantitative estimate of drug-likeness (QED) is 0.107. The third kappa shape index (κ3) is 7.35. The first-order chi connectivity index (χ1) is 31.8. The van der Waals surface area contributed by atoms with Gasteiger partial charge in [0.2, 0.25) is 0 Å². The van der Waals surface area contributed by atoms with Crippen LogP contribution in [0.3, 0.4) is 0 Å². The largest absolute Gasteiger partial charge is 0.458 e. The molecular formula is C60H48N4O. The van der Waals surface area contributed by atoms with Gasteiger partial charge in [0.25, 0.3) is 6.33 Å². The molecule has 1 unspecified atom stereocenters. The van der Waals surface area contributed by atoms with Crippen LogP contribution in [0.2, 0.25) is 0 Å². The van der Waals surface area contributed by atoms with Gasteiger partial charge in [-0.15, -0.1) is 0 Å². The Balaban J connectivity index is 1.02. The predicted octanol–water partition coefficient (Wildman–Crippen LogP) is 15.1. The fourth-order valence-electron chi connectivity index (χ4n) is 9.17. The van der Waals surface area contributed by atoms with Gasteiger partial charge in [0.05, 0.1) is 33.4 Å². The van der Waals surface area contributed by atoms with Crippen molar-refractivity contribution in [3.8, 4) is 62.1 Å². The first-order valence-corrected chi connectivity index (χ1v) is 22.4. The van der Waals surface area contributed by atoms with Gasteiger partial charge in [0.1, 0.15) is 17.3 Å². The number of imidazole rings is 1. The maximum absolute atomic E-state index is 6.82. The van der Waals surface area contributed by atoms with E-state index in [1.54, 1.807) is 0 Å². The predicted molar refractivity (Wildman–Crippen MR) is 266 cm³/mol. The average molecular weight is 841 g/mol.